The van der Waals surface area contributed by atoms with Gasteiger partial charge in [-0.2, -0.15) is 0 Å². The van der Waals surface area contributed by atoms with Gasteiger partial charge in [0.2, 0.25) is 0 Å². The number of morpholine rings is 1. The topological polar surface area (TPSA) is 64.3 Å². The van der Waals surface area contributed by atoms with Crippen molar-refractivity contribution in [3.63, 3.8) is 0 Å². The first kappa shape index (κ1) is 12.1. The molecule has 0 spiro atoms. The minimum Gasteiger partial charge on any atom is -0.384 e. The zero-order valence-corrected chi connectivity index (χ0v) is 10.9. The number of hydrogen-bond donors (Lipinski definition) is 1. The minimum absolute atomic E-state index is 0.161. The highest BCUT2D eigenvalue weighted by molar-refractivity contribution is 5.47. The summed E-state index contributed by atoms with van der Waals surface area (Å²) in [7, 11) is 0. The average molecular weight is 236 g/mol. The number of hydrogen-bond acceptors (Lipinski definition) is 5. The smallest absolute Gasteiger partial charge is 0.134 e. The lowest BCUT2D eigenvalue weighted by Gasteiger charge is -2.42. The average Bonchev–Trinajstić information content (AvgIpc) is 2.12. The van der Waals surface area contributed by atoms with E-state index in [0.717, 1.165) is 18.9 Å². The lowest BCUT2D eigenvalue weighted by atomic mass is 10.1. The van der Waals surface area contributed by atoms with E-state index in [0.29, 0.717) is 11.6 Å². The molecule has 2 heterocycles. The molecular formula is C12H20N4O. The first-order valence-electron chi connectivity index (χ1n) is 5.90. The maximum atomic E-state index is 5.87. The van der Waals surface area contributed by atoms with Crippen molar-refractivity contribution in [3.8, 4) is 0 Å². The van der Waals surface area contributed by atoms with Gasteiger partial charge in [-0.25, -0.2) is 9.97 Å². The monoisotopic (exact) mass is 236 g/mol. The molecule has 0 radical (unpaired) electrons. The highest BCUT2D eigenvalue weighted by Crippen LogP contribution is 2.25. The van der Waals surface area contributed by atoms with E-state index in [1.807, 2.05) is 13.0 Å². The Bertz CT molecular complexity index is 399. The van der Waals surface area contributed by atoms with Crippen molar-refractivity contribution in [1.29, 1.82) is 0 Å². The molecule has 1 aromatic heterocycles. The van der Waals surface area contributed by atoms with Crippen molar-refractivity contribution in [2.45, 2.75) is 39.4 Å². The minimum atomic E-state index is -0.161. The highest BCUT2D eigenvalue weighted by Gasteiger charge is 2.32. The molecule has 0 amide bonds. The molecule has 5 nitrogen and oxygen atoms in total. The Kier molecular flexibility index (Phi) is 2.95. The summed E-state index contributed by atoms with van der Waals surface area (Å²) in [6.45, 7) is 9.76. The maximum absolute atomic E-state index is 5.87. The van der Waals surface area contributed by atoms with Crippen LogP contribution in [0.1, 0.15) is 26.6 Å². The van der Waals surface area contributed by atoms with Crippen LogP contribution in [0.3, 0.4) is 0 Å². The summed E-state index contributed by atoms with van der Waals surface area (Å²) in [4.78, 5) is 10.7. The van der Waals surface area contributed by atoms with Gasteiger partial charge in [0.25, 0.3) is 0 Å². The van der Waals surface area contributed by atoms with E-state index in [1.165, 1.54) is 0 Å². The van der Waals surface area contributed by atoms with Gasteiger partial charge in [-0.3, -0.25) is 0 Å². The molecule has 1 aromatic rings. The first-order valence-corrected chi connectivity index (χ1v) is 5.90. The second-order valence-electron chi connectivity index (χ2n) is 5.27. The molecule has 0 aliphatic carbocycles. The summed E-state index contributed by atoms with van der Waals surface area (Å²) in [5.41, 5.74) is 5.60. The number of ether oxygens (including phenoxy) is 1. The molecule has 1 saturated heterocycles. The molecule has 2 N–H and O–H groups in total. The molecule has 1 aliphatic heterocycles. The fourth-order valence-electron chi connectivity index (χ4n) is 2.36. The van der Waals surface area contributed by atoms with Crippen LogP contribution in [0.4, 0.5) is 11.6 Å². The number of aryl methyl sites for hydroxylation is 1. The van der Waals surface area contributed by atoms with E-state index in [-0.39, 0.29) is 11.7 Å². The van der Waals surface area contributed by atoms with Crippen molar-refractivity contribution in [3.05, 3.63) is 11.9 Å². The van der Waals surface area contributed by atoms with E-state index in [1.54, 1.807) is 0 Å². The van der Waals surface area contributed by atoms with E-state index < -0.39 is 0 Å². The molecule has 0 aromatic carbocycles. The fourth-order valence-corrected chi connectivity index (χ4v) is 2.36. The highest BCUT2D eigenvalue weighted by atomic mass is 16.5. The molecule has 1 atom stereocenters. The Morgan fingerprint density at radius 2 is 2.18 bits per heavy atom. The summed E-state index contributed by atoms with van der Waals surface area (Å²) >= 11 is 0. The van der Waals surface area contributed by atoms with Crippen LogP contribution in [0.25, 0.3) is 0 Å². The normalized spacial score (nSPS) is 23.8. The van der Waals surface area contributed by atoms with Gasteiger partial charge in [-0.15, -0.1) is 0 Å². The van der Waals surface area contributed by atoms with Crippen molar-refractivity contribution < 1.29 is 4.74 Å². The molecule has 94 valence electrons. The van der Waals surface area contributed by atoms with Crippen molar-refractivity contribution in [2.24, 2.45) is 0 Å². The summed E-state index contributed by atoms with van der Waals surface area (Å²) in [6, 6.07) is 1.82. The van der Waals surface area contributed by atoms with Gasteiger partial charge < -0.3 is 15.4 Å². The standard InChI is InChI=1S/C12H20N4O/c1-8-6-16(7-12(3,4)17-8)11-5-10(13)14-9(2)15-11/h5,8H,6-7H2,1-4H3,(H2,13,14,15). The molecular weight excluding hydrogens is 216 g/mol. The van der Waals surface area contributed by atoms with Gasteiger partial charge >= 0.3 is 0 Å². The van der Waals surface area contributed by atoms with E-state index in [2.05, 4.69) is 35.6 Å². The fraction of sp³-hybridized carbons (Fsp3) is 0.667. The van der Waals surface area contributed by atoms with Gasteiger partial charge in [0.05, 0.1) is 11.7 Å². The molecule has 1 unspecified atom stereocenters. The van der Waals surface area contributed by atoms with Crippen LogP contribution in [0.15, 0.2) is 6.07 Å². The van der Waals surface area contributed by atoms with Gasteiger partial charge in [0.1, 0.15) is 17.5 Å². The quantitative estimate of drug-likeness (QED) is 0.798. The van der Waals surface area contributed by atoms with E-state index in [9.17, 15) is 0 Å². The number of nitrogens with two attached hydrogens (primary N) is 1. The molecule has 5 heteroatoms. The largest absolute Gasteiger partial charge is 0.384 e. The van der Waals surface area contributed by atoms with Crippen molar-refractivity contribution in [2.75, 3.05) is 23.7 Å². The number of nitrogens with zero attached hydrogens (tertiary/aromatic N) is 3. The molecule has 0 bridgehead atoms. The summed E-state index contributed by atoms with van der Waals surface area (Å²) in [5, 5.41) is 0. The lowest BCUT2D eigenvalue weighted by molar-refractivity contribution is -0.0751. The van der Waals surface area contributed by atoms with Crippen LogP contribution in [-0.2, 0) is 4.74 Å². The number of rotatable bonds is 1. The molecule has 17 heavy (non-hydrogen) atoms. The SMILES string of the molecule is Cc1nc(N)cc(N2CC(C)OC(C)(C)C2)n1. The first-order chi connectivity index (χ1) is 7.85. The third-order valence-corrected chi connectivity index (χ3v) is 2.74. The Morgan fingerprint density at radius 1 is 1.47 bits per heavy atom. The van der Waals surface area contributed by atoms with Gasteiger partial charge in [0.15, 0.2) is 0 Å². The zero-order chi connectivity index (χ0) is 12.6. The summed E-state index contributed by atoms with van der Waals surface area (Å²) < 4.78 is 5.87. The van der Waals surface area contributed by atoms with Crippen LogP contribution in [0.5, 0.6) is 0 Å². The van der Waals surface area contributed by atoms with E-state index in [4.69, 9.17) is 10.5 Å². The van der Waals surface area contributed by atoms with Gasteiger partial charge in [-0.1, -0.05) is 0 Å². The second-order valence-corrected chi connectivity index (χ2v) is 5.27. The van der Waals surface area contributed by atoms with Crippen molar-refractivity contribution in [1.82, 2.24) is 9.97 Å². The van der Waals surface area contributed by atoms with Crippen LogP contribution in [0, 0.1) is 6.92 Å². The van der Waals surface area contributed by atoms with Gasteiger partial charge in [0, 0.05) is 19.2 Å². The van der Waals surface area contributed by atoms with Gasteiger partial charge in [-0.05, 0) is 27.7 Å². The van der Waals surface area contributed by atoms with Crippen LogP contribution < -0.4 is 10.6 Å². The third kappa shape index (κ3) is 2.85. The predicted octanol–water partition coefficient (Wildman–Crippen LogP) is 1.37. The van der Waals surface area contributed by atoms with Crippen LogP contribution in [-0.4, -0.2) is 34.8 Å². The molecule has 0 saturated carbocycles. The Morgan fingerprint density at radius 3 is 2.76 bits per heavy atom. The Hall–Kier alpha value is -1.36. The van der Waals surface area contributed by atoms with Crippen molar-refractivity contribution >= 4 is 11.6 Å². The third-order valence-electron chi connectivity index (χ3n) is 2.74. The lowest BCUT2D eigenvalue weighted by Crippen LogP contribution is -2.52. The summed E-state index contributed by atoms with van der Waals surface area (Å²) in [6.07, 6.45) is 0.190. The Labute approximate surface area is 102 Å². The number of nitrogen functional groups attached to an aromatic ring is 1. The van der Waals surface area contributed by atoms with Crippen LogP contribution >= 0.6 is 0 Å². The summed E-state index contributed by atoms with van der Waals surface area (Å²) in [5.74, 6) is 2.11. The Balaban J connectivity index is 2.26. The second kappa shape index (κ2) is 4.14. The van der Waals surface area contributed by atoms with E-state index >= 15 is 0 Å². The maximum Gasteiger partial charge on any atom is 0.134 e. The molecule has 1 aliphatic rings. The predicted molar refractivity (Wildman–Crippen MR) is 68.0 cm³/mol. The number of aromatic nitrogens is 2. The van der Waals surface area contributed by atoms with Crippen LogP contribution in [0.2, 0.25) is 0 Å². The molecule has 1 fully saturated rings. The molecule has 2 rings (SSSR count). The zero-order valence-electron chi connectivity index (χ0n) is 10.9. The number of anilines is 2.